The maximum Gasteiger partial charge on any atom is 0.358 e. The number of imidazole rings is 1. The minimum absolute atomic E-state index is 0.333. The van der Waals surface area contributed by atoms with Gasteiger partial charge in [-0.25, -0.2) is 9.78 Å². The maximum absolute atomic E-state index is 12.3. The predicted octanol–water partition coefficient (Wildman–Crippen LogP) is 2.49. The normalized spacial score (nSPS) is 15.2. The zero-order valence-corrected chi connectivity index (χ0v) is 14.5. The number of ether oxygens (including phenoxy) is 1. The van der Waals surface area contributed by atoms with E-state index in [1.807, 2.05) is 43.8 Å². The molecule has 0 saturated heterocycles. The molecular weight excluding hydrogens is 304 g/mol. The molecule has 1 aromatic carbocycles. The molecule has 0 fully saturated rings. The van der Waals surface area contributed by atoms with E-state index in [2.05, 4.69) is 21.3 Å². The number of rotatable bonds is 3. The van der Waals surface area contributed by atoms with Crippen molar-refractivity contribution in [1.82, 2.24) is 14.9 Å². The fraction of sp³-hybridized carbons (Fsp3) is 0.333. The molecule has 0 bridgehead atoms. The van der Waals surface area contributed by atoms with Gasteiger partial charge in [0, 0.05) is 31.9 Å². The summed E-state index contributed by atoms with van der Waals surface area (Å²) in [5.41, 5.74) is 5.43. The van der Waals surface area contributed by atoms with Crippen LogP contribution in [0.1, 0.15) is 30.0 Å². The molecule has 0 aliphatic carbocycles. The number of carbonyl (C=O) groups is 1. The number of carbonyl (C=O) groups excluding carboxylic acids is 1. The van der Waals surface area contributed by atoms with Crippen molar-refractivity contribution >= 4 is 11.7 Å². The third kappa shape index (κ3) is 2.54. The van der Waals surface area contributed by atoms with Gasteiger partial charge in [0.1, 0.15) is 6.33 Å². The fourth-order valence-electron chi connectivity index (χ4n) is 3.02. The molecule has 1 aliphatic rings. The number of nitrogens with one attached hydrogen (secondary N) is 1. The van der Waals surface area contributed by atoms with Gasteiger partial charge in [-0.05, 0) is 26.0 Å². The molecule has 0 saturated carbocycles. The lowest BCUT2D eigenvalue weighted by Crippen LogP contribution is -2.23. The number of esters is 1. The van der Waals surface area contributed by atoms with Crippen LogP contribution in [0.5, 0.6) is 0 Å². The Labute approximate surface area is 141 Å². The third-order valence-corrected chi connectivity index (χ3v) is 4.39. The first-order chi connectivity index (χ1) is 11.6. The van der Waals surface area contributed by atoms with Crippen molar-refractivity contribution in [2.24, 2.45) is 0 Å². The molecule has 2 aromatic rings. The van der Waals surface area contributed by atoms with Crippen LogP contribution >= 0.6 is 0 Å². The smallest absolute Gasteiger partial charge is 0.358 e. The standard InChI is InChI=1S/C18H22N4O2/c1-5-24-18(23)17-16-10-15(12(2)19-3)21(4)13-8-6-7-9-14(13)22(16)11-20-17/h6-9,11,19H,5,10H2,1-4H3/b15-12-. The van der Waals surface area contributed by atoms with E-state index < -0.39 is 0 Å². The van der Waals surface area contributed by atoms with Crippen molar-refractivity contribution < 1.29 is 9.53 Å². The zero-order valence-electron chi connectivity index (χ0n) is 14.5. The minimum atomic E-state index is -0.380. The Hall–Kier alpha value is -2.76. The van der Waals surface area contributed by atoms with Crippen LogP contribution in [0.15, 0.2) is 42.0 Å². The quantitative estimate of drug-likeness (QED) is 0.878. The molecule has 6 heteroatoms. The van der Waals surface area contributed by atoms with Gasteiger partial charge >= 0.3 is 5.97 Å². The van der Waals surface area contributed by atoms with Crippen LogP contribution < -0.4 is 10.2 Å². The van der Waals surface area contributed by atoms with E-state index in [0.29, 0.717) is 18.7 Å². The maximum atomic E-state index is 12.3. The number of aromatic nitrogens is 2. The fourth-order valence-corrected chi connectivity index (χ4v) is 3.02. The number of hydrogen-bond acceptors (Lipinski definition) is 5. The zero-order chi connectivity index (χ0) is 17.3. The number of likely N-dealkylation sites (N-methyl/N-ethyl adjacent to an activating group) is 1. The number of fused-ring (bicyclic) bond motifs is 3. The van der Waals surface area contributed by atoms with E-state index >= 15 is 0 Å². The van der Waals surface area contributed by atoms with E-state index in [9.17, 15) is 4.79 Å². The molecule has 0 unspecified atom stereocenters. The molecule has 24 heavy (non-hydrogen) atoms. The Balaban J connectivity index is 2.24. The number of hydrogen-bond donors (Lipinski definition) is 1. The molecule has 0 radical (unpaired) electrons. The Morgan fingerprint density at radius 2 is 2.04 bits per heavy atom. The average molecular weight is 326 g/mol. The Bertz CT molecular complexity index is 807. The lowest BCUT2D eigenvalue weighted by Gasteiger charge is -2.24. The van der Waals surface area contributed by atoms with Crippen molar-refractivity contribution in [2.75, 3.05) is 25.6 Å². The van der Waals surface area contributed by atoms with Gasteiger partial charge in [0.05, 0.1) is 23.7 Å². The molecule has 2 heterocycles. The van der Waals surface area contributed by atoms with Gasteiger partial charge in [-0.2, -0.15) is 0 Å². The highest BCUT2D eigenvalue weighted by Crippen LogP contribution is 2.34. The first-order valence-electron chi connectivity index (χ1n) is 8.02. The van der Waals surface area contributed by atoms with E-state index in [0.717, 1.165) is 28.5 Å². The molecule has 0 atom stereocenters. The van der Waals surface area contributed by atoms with Gasteiger partial charge in [-0.15, -0.1) is 0 Å². The molecule has 1 aliphatic heterocycles. The molecule has 3 rings (SSSR count). The number of para-hydroxylation sites is 2. The molecule has 0 spiro atoms. The molecular formula is C18H22N4O2. The van der Waals surface area contributed by atoms with Crippen LogP contribution in [-0.4, -0.2) is 36.2 Å². The van der Waals surface area contributed by atoms with Crippen LogP contribution in [0, 0.1) is 0 Å². The lowest BCUT2D eigenvalue weighted by molar-refractivity contribution is 0.0519. The van der Waals surface area contributed by atoms with Crippen molar-refractivity contribution in [3.8, 4) is 5.69 Å². The van der Waals surface area contributed by atoms with Crippen LogP contribution in [0.25, 0.3) is 5.69 Å². The summed E-state index contributed by atoms with van der Waals surface area (Å²) in [5, 5.41) is 3.21. The summed E-state index contributed by atoms with van der Waals surface area (Å²) in [5.74, 6) is -0.380. The highest BCUT2D eigenvalue weighted by Gasteiger charge is 2.27. The second-order valence-electron chi connectivity index (χ2n) is 5.68. The van der Waals surface area contributed by atoms with Crippen molar-refractivity contribution in [3.05, 3.63) is 53.4 Å². The van der Waals surface area contributed by atoms with Crippen molar-refractivity contribution in [2.45, 2.75) is 20.3 Å². The second kappa shape index (κ2) is 6.39. The summed E-state index contributed by atoms with van der Waals surface area (Å²) in [6.45, 7) is 4.16. The van der Waals surface area contributed by atoms with Gasteiger partial charge in [-0.1, -0.05) is 12.1 Å². The topological polar surface area (TPSA) is 59.4 Å². The third-order valence-electron chi connectivity index (χ3n) is 4.39. The molecule has 1 N–H and O–H groups in total. The summed E-state index contributed by atoms with van der Waals surface area (Å²) >= 11 is 0. The summed E-state index contributed by atoms with van der Waals surface area (Å²) < 4.78 is 7.15. The second-order valence-corrected chi connectivity index (χ2v) is 5.68. The summed E-state index contributed by atoms with van der Waals surface area (Å²) in [6, 6.07) is 8.09. The summed E-state index contributed by atoms with van der Waals surface area (Å²) in [4.78, 5) is 18.8. The van der Waals surface area contributed by atoms with Gasteiger partial charge in [-0.3, -0.25) is 4.57 Å². The van der Waals surface area contributed by atoms with E-state index in [1.165, 1.54) is 0 Å². The van der Waals surface area contributed by atoms with Crippen LogP contribution in [0.4, 0.5) is 5.69 Å². The Morgan fingerprint density at radius 3 is 2.71 bits per heavy atom. The van der Waals surface area contributed by atoms with Crippen molar-refractivity contribution in [1.29, 1.82) is 0 Å². The number of nitrogens with zero attached hydrogens (tertiary/aromatic N) is 3. The largest absolute Gasteiger partial charge is 0.461 e. The average Bonchev–Trinajstić information content (AvgIpc) is 2.97. The van der Waals surface area contributed by atoms with Crippen LogP contribution in [-0.2, 0) is 11.2 Å². The highest BCUT2D eigenvalue weighted by molar-refractivity contribution is 5.89. The molecule has 1 aromatic heterocycles. The van der Waals surface area contributed by atoms with Crippen LogP contribution in [0.2, 0.25) is 0 Å². The molecule has 6 nitrogen and oxygen atoms in total. The van der Waals surface area contributed by atoms with Crippen LogP contribution in [0.3, 0.4) is 0 Å². The first-order valence-corrected chi connectivity index (χ1v) is 8.02. The Morgan fingerprint density at radius 1 is 1.33 bits per heavy atom. The SMILES string of the molecule is CCOC(=O)c1ncn2c1C/C(=C(\C)NC)N(C)c1ccccc1-2. The van der Waals surface area contributed by atoms with E-state index in [4.69, 9.17) is 4.74 Å². The highest BCUT2D eigenvalue weighted by atomic mass is 16.5. The lowest BCUT2D eigenvalue weighted by atomic mass is 10.1. The first kappa shape index (κ1) is 16.1. The number of anilines is 1. The summed E-state index contributed by atoms with van der Waals surface area (Å²) in [7, 11) is 3.94. The number of benzene rings is 1. The molecule has 126 valence electrons. The monoisotopic (exact) mass is 326 g/mol. The van der Waals surface area contributed by atoms with Gasteiger partial charge in [0.15, 0.2) is 5.69 Å². The van der Waals surface area contributed by atoms with Gasteiger partial charge in [0.25, 0.3) is 0 Å². The number of allylic oxidation sites excluding steroid dienone is 2. The molecule has 0 amide bonds. The van der Waals surface area contributed by atoms with Crippen molar-refractivity contribution in [3.63, 3.8) is 0 Å². The predicted molar refractivity (Wildman–Crippen MR) is 93.4 cm³/mol. The van der Waals surface area contributed by atoms with E-state index in [-0.39, 0.29) is 5.97 Å². The van der Waals surface area contributed by atoms with E-state index in [1.54, 1.807) is 13.3 Å². The van der Waals surface area contributed by atoms with Gasteiger partial charge in [0.2, 0.25) is 0 Å². The van der Waals surface area contributed by atoms with Gasteiger partial charge < -0.3 is 15.0 Å². The Kier molecular flexibility index (Phi) is 4.29. The summed E-state index contributed by atoms with van der Waals surface area (Å²) in [6.07, 6.45) is 2.29. The minimum Gasteiger partial charge on any atom is -0.461 e.